The minimum absolute atomic E-state index is 0.288. The van der Waals surface area contributed by atoms with Crippen molar-refractivity contribution < 1.29 is 14.3 Å². The van der Waals surface area contributed by atoms with E-state index in [1.54, 1.807) is 17.1 Å². The molecule has 0 aromatic carbocycles. The summed E-state index contributed by atoms with van der Waals surface area (Å²) >= 11 is 0. The molecule has 13 heavy (non-hydrogen) atoms. The monoisotopic (exact) mass is 184 g/mol. The summed E-state index contributed by atoms with van der Waals surface area (Å²) < 4.78 is 11.5. The van der Waals surface area contributed by atoms with E-state index in [1.165, 1.54) is 6.92 Å². The van der Waals surface area contributed by atoms with Crippen molar-refractivity contribution in [2.75, 3.05) is 13.2 Å². The zero-order valence-electron chi connectivity index (χ0n) is 7.47. The Morgan fingerprint density at radius 3 is 3.00 bits per heavy atom. The van der Waals surface area contributed by atoms with Crippen molar-refractivity contribution in [2.45, 2.75) is 13.7 Å². The van der Waals surface area contributed by atoms with Gasteiger partial charge in [0, 0.05) is 19.3 Å². The van der Waals surface area contributed by atoms with Crippen LogP contribution < -0.4 is 0 Å². The van der Waals surface area contributed by atoms with Crippen LogP contribution in [0.25, 0.3) is 0 Å². The molecule has 0 radical (unpaired) electrons. The van der Waals surface area contributed by atoms with Gasteiger partial charge in [0.15, 0.2) is 0 Å². The van der Waals surface area contributed by atoms with Gasteiger partial charge in [-0.3, -0.25) is 4.79 Å². The van der Waals surface area contributed by atoms with E-state index in [2.05, 4.69) is 9.84 Å². The second-order valence-electron chi connectivity index (χ2n) is 2.42. The summed E-state index contributed by atoms with van der Waals surface area (Å²) in [7, 11) is 0. The fourth-order valence-electron chi connectivity index (χ4n) is 0.779. The first kappa shape index (κ1) is 9.73. The molecule has 0 aliphatic heterocycles. The first-order chi connectivity index (χ1) is 6.29. The molecule has 0 saturated carbocycles. The number of rotatable bonds is 5. The highest BCUT2D eigenvalue weighted by Gasteiger charge is 1.93. The Morgan fingerprint density at radius 2 is 2.38 bits per heavy atom. The van der Waals surface area contributed by atoms with Crippen molar-refractivity contribution in [3.05, 3.63) is 18.5 Å². The quantitative estimate of drug-likeness (QED) is 0.491. The minimum atomic E-state index is -0.289. The number of carbonyl (C=O) groups is 1. The Kier molecular flexibility index (Phi) is 3.98. The predicted molar refractivity (Wildman–Crippen MR) is 44.8 cm³/mol. The molecule has 1 rings (SSSR count). The smallest absolute Gasteiger partial charge is 0.302 e. The molecule has 72 valence electrons. The van der Waals surface area contributed by atoms with E-state index in [-0.39, 0.29) is 12.6 Å². The lowest BCUT2D eigenvalue weighted by Gasteiger charge is -2.03. The fourth-order valence-corrected chi connectivity index (χ4v) is 0.779. The van der Waals surface area contributed by atoms with Gasteiger partial charge in [-0.25, -0.2) is 4.68 Å². The number of nitrogens with zero attached hydrogens (tertiary/aromatic N) is 2. The van der Waals surface area contributed by atoms with Gasteiger partial charge in [0.25, 0.3) is 0 Å². The molecule has 1 aromatic rings. The van der Waals surface area contributed by atoms with Gasteiger partial charge >= 0.3 is 5.97 Å². The van der Waals surface area contributed by atoms with Crippen molar-refractivity contribution in [1.29, 1.82) is 0 Å². The SMILES string of the molecule is CC(=O)OCCOCn1cccn1. The number of ether oxygens (including phenoxy) is 2. The van der Waals surface area contributed by atoms with Gasteiger partial charge in [-0.05, 0) is 6.07 Å². The van der Waals surface area contributed by atoms with Crippen molar-refractivity contribution in [3.63, 3.8) is 0 Å². The van der Waals surface area contributed by atoms with Gasteiger partial charge in [-0.2, -0.15) is 5.10 Å². The maximum absolute atomic E-state index is 10.3. The van der Waals surface area contributed by atoms with Gasteiger partial charge in [-0.1, -0.05) is 0 Å². The molecule has 0 N–H and O–H groups in total. The van der Waals surface area contributed by atoms with Gasteiger partial charge in [0.2, 0.25) is 0 Å². The van der Waals surface area contributed by atoms with Crippen LogP contribution in [0.4, 0.5) is 0 Å². The summed E-state index contributed by atoms with van der Waals surface area (Å²) in [4.78, 5) is 10.3. The molecule has 5 nitrogen and oxygen atoms in total. The molecule has 0 atom stereocenters. The Hall–Kier alpha value is -1.36. The van der Waals surface area contributed by atoms with Crippen molar-refractivity contribution in [2.24, 2.45) is 0 Å². The average molecular weight is 184 g/mol. The average Bonchev–Trinajstić information content (AvgIpc) is 2.55. The molecule has 0 bridgehead atoms. The van der Waals surface area contributed by atoms with E-state index >= 15 is 0 Å². The highest BCUT2D eigenvalue weighted by Crippen LogP contribution is 1.86. The number of hydrogen-bond acceptors (Lipinski definition) is 4. The molecule has 0 saturated heterocycles. The minimum Gasteiger partial charge on any atom is -0.463 e. The summed E-state index contributed by atoms with van der Waals surface area (Å²) in [6.07, 6.45) is 3.47. The number of aromatic nitrogens is 2. The van der Waals surface area contributed by atoms with Crippen LogP contribution in [0, 0.1) is 0 Å². The maximum Gasteiger partial charge on any atom is 0.302 e. The largest absolute Gasteiger partial charge is 0.463 e. The standard InChI is InChI=1S/C8H12N2O3/c1-8(11)13-6-5-12-7-10-4-2-3-9-10/h2-4H,5-7H2,1H3. The molecule has 1 aromatic heterocycles. The van der Waals surface area contributed by atoms with E-state index in [4.69, 9.17) is 4.74 Å². The summed E-state index contributed by atoms with van der Waals surface area (Å²) in [6, 6.07) is 1.81. The van der Waals surface area contributed by atoms with E-state index < -0.39 is 0 Å². The van der Waals surface area contributed by atoms with Crippen molar-refractivity contribution >= 4 is 5.97 Å². The van der Waals surface area contributed by atoms with Crippen LogP contribution in [-0.2, 0) is 21.0 Å². The first-order valence-electron chi connectivity index (χ1n) is 3.97. The Morgan fingerprint density at radius 1 is 1.54 bits per heavy atom. The zero-order chi connectivity index (χ0) is 9.52. The molecular weight excluding hydrogens is 172 g/mol. The second-order valence-corrected chi connectivity index (χ2v) is 2.42. The molecule has 0 aliphatic rings. The van der Waals surface area contributed by atoms with Gasteiger partial charge in [-0.15, -0.1) is 0 Å². The predicted octanol–water partition coefficient (Wildman–Crippen LogP) is 0.420. The Labute approximate surface area is 76.3 Å². The van der Waals surface area contributed by atoms with Crippen LogP contribution in [0.5, 0.6) is 0 Å². The third-order valence-electron chi connectivity index (χ3n) is 1.32. The molecule has 0 spiro atoms. The molecule has 0 aliphatic carbocycles. The van der Waals surface area contributed by atoms with Gasteiger partial charge < -0.3 is 9.47 Å². The fraction of sp³-hybridized carbons (Fsp3) is 0.500. The number of carbonyl (C=O) groups excluding carboxylic acids is 1. The van der Waals surface area contributed by atoms with Crippen LogP contribution in [0.3, 0.4) is 0 Å². The Balaban J connectivity index is 1.99. The van der Waals surface area contributed by atoms with Gasteiger partial charge in [0.1, 0.15) is 13.3 Å². The molecule has 5 heteroatoms. The van der Waals surface area contributed by atoms with E-state index in [1.807, 2.05) is 6.07 Å². The van der Waals surface area contributed by atoms with E-state index in [0.717, 1.165) is 0 Å². The zero-order valence-corrected chi connectivity index (χ0v) is 7.47. The normalized spacial score (nSPS) is 9.92. The van der Waals surface area contributed by atoms with Gasteiger partial charge in [0.05, 0.1) is 6.61 Å². The summed E-state index contributed by atoms with van der Waals surface area (Å²) in [6.45, 7) is 2.43. The maximum atomic E-state index is 10.3. The summed E-state index contributed by atoms with van der Waals surface area (Å²) in [5, 5.41) is 3.93. The molecule has 0 fully saturated rings. The van der Waals surface area contributed by atoms with Crippen LogP contribution in [0.1, 0.15) is 6.92 Å². The summed E-state index contributed by atoms with van der Waals surface area (Å²) in [5.74, 6) is -0.289. The molecule has 1 heterocycles. The first-order valence-corrected chi connectivity index (χ1v) is 3.97. The molecular formula is C8H12N2O3. The van der Waals surface area contributed by atoms with E-state index in [9.17, 15) is 4.79 Å². The summed E-state index contributed by atoms with van der Waals surface area (Å²) in [5.41, 5.74) is 0. The Bertz CT molecular complexity index is 246. The number of esters is 1. The number of hydrogen-bond donors (Lipinski definition) is 0. The molecule has 0 unspecified atom stereocenters. The van der Waals surface area contributed by atoms with Crippen LogP contribution in [0.2, 0.25) is 0 Å². The van der Waals surface area contributed by atoms with Crippen LogP contribution in [0.15, 0.2) is 18.5 Å². The van der Waals surface area contributed by atoms with Crippen molar-refractivity contribution in [1.82, 2.24) is 9.78 Å². The third kappa shape index (κ3) is 4.27. The van der Waals surface area contributed by atoms with Crippen LogP contribution in [-0.4, -0.2) is 29.0 Å². The van der Waals surface area contributed by atoms with E-state index in [0.29, 0.717) is 13.3 Å². The highest BCUT2D eigenvalue weighted by atomic mass is 16.6. The lowest BCUT2D eigenvalue weighted by Crippen LogP contribution is -2.10. The lowest BCUT2D eigenvalue weighted by molar-refractivity contribution is -0.142. The van der Waals surface area contributed by atoms with Crippen LogP contribution >= 0.6 is 0 Å². The molecule has 0 amide bonds. The third-order valence-corrected chi connectivity index (χ3v) is 1.32. The highest BCUT2D eigenvalue weighted by molar-refractivity contribution is 5.65. The lowest BCUT2D eigenvalue weighted by atomic mass is 10.7. The van der Waals surface area contributed by atoms with Crippen molar-refractivity contribution in [3.8, 4) is 0 Å². The topological polar surface area (TPSA) is 53.4 Å². The second kappa shape index (κ2) is 5.31.